The van der Waals surface area contributed by atoms with E-state index in [0.29, 0.717) is 10.6 Å². The van der Waals surface area contributed by atoms with Crippen LogP contribution >= 0.6 is 11.3 Å². The van der Waals surface area contributed by atoms with Crippen LogP contribution in [0, 0.1) is 6.92 Å². The number of ether oxygens (including phenoxy) is 1. The van der Waals surface area contributed by atoms with Crippen LogP contribution in [0.1, 0.15) is 27.5 Å². The van der Waals surface area contributed by atoms with Crippen molar-refractivity contribution in [2.24, 2.45) is 0 Å². The van der Waals surface area contributed by atoms with Crippen molar-refractivity contribution in [1.29, 1.82) is 0 Å². The Hall–Kier alpha value is -2.80. The van der Waals surface area contributed by atoms with E-state index in [0.717, 1.165) is 16.7 Å². The van der Waals surface area contributed by atoms with Crippen LogP contribution in [0.4, 0.5) is 0 Å². The lowest BCUT2D eigenvalue weighted by molar-refractivity contribution is -0.144. The molecule has 0 bridgehead atoms. The highest BCUT2D eigenvalue weighted by Gasteiger charge is 2.10. The lowest BCUT2D eigenvalue weighted by atomic mass is 10.2. The first-order valence-electron chi connectivity index (χ1n) is 7.83. The zero-order valence-corrected chi connectivity index (χ0v) is 14.5. The molecule has 0 atom stereocenters. The zero-order chi connectivity index (χ0) is 17.6. The van der Waals surface area contributed by atoms with Crippen LogP contribution in [-0.4, -0.2) is 28.4 Å². The van der Waals surface area contributed by atoms with Gasteiger partial charge in [0.1, 0.15) is 6.61 Å². The molecule has 2 heterocycles. The Labute approximate surface area is 148 Å². The summed E-state index contributed by atoms with van der Waals surface area (Å²) in [5.74, 6) is -0.570. The molecule has 6 nitrogen and oxygen atoms in total. The Morgan fingerprint density at radius 1 is 1.12 bits per heavy atom. The van der Waals surface area contributed by atoms with Gasteiger partial charge in [-0.05, 0) is 30.5 Å². The molecule has 1 aromatic carbocycles. The number of thiophene rings is 1. The molecule has 0 aliphatic heterocycles. The number of fused-ring (bicyclic) bond motifs is 1. The standard InChI is InChI=1S/C18H17N3O3S/c1-12-15(21-14-6-3-2-5-13(14)20-12)11-24-17(22)8-9-19-18(23)16-7-4-10-25-16/h2-7,10H,8-9,11H2,1H3,(H,19,23). The molecule has 0 aliphatic rings. The fraction of sp³-hybridized carbons (Fsp3) is 0.222. The third-order valence-electron chi connectivity index (χ3n) is 3.57. The molecule has 0 radical (unpaired) electrons. The van der Waals surface area contributed by atoms with Gasteiger partial charge in [-0.2, -0.15) is 0 Å². The first-order valence-corrected chi connectivity index (χ1v) is 8.71. The van der Waals surface area contributed by atoms with Crippen LogP contribution in [0.3, 0.4) is 0 Å². The van der Waals surface area contributed by atoms with Crippen molar-refractivity contribution in [2.75, 3.05) is 6.54 Å². The first kappa shape index (κ1) is 17.0. The minimum atomic E-state index is -0.388. The van der Waals surface area contributed by atoms with E-state index >= 15 is 0 Å². The highest BCUT2D eigenvalue weighted by molar-refractivity contribution is 7.12. The smallest absolute Gasteiger partial charge is 0.307 e. The van der Waals surface area contributed by atoms with E-state index in [1.165, 1.54) is 11.3 Å². The predicted molar refractivity (Wildman–Crippen MR) is 95.3 cm³/mol. The largest absolute Gasteiger partial charge is 0.459 e. The van der Waals surface area contributed by atoms with Gasteiger partial charge >= 0.3 is 5.97 Å². The first-order chi connectivity index (χ1) is 12.1. The maximum atomic E-state index is 11.8. The molecule has 0 fully saturated rings. The van der Waals surface area contributed by atoms with Gasteiger partial charge < -0.3 is 10.1 Å². The summed E-state index contributed by atoms with van der Waals surface area (Å²) in [6.45, 7) is 2.14. The van der Waals surface area contributed by atoms with Gasteiger partial charge in [0, 0.05) is 6.54 Å². The highest BCUT2D eigenvalue weighted by atomic mass is 32.1. The van der Waals surface area contributed by atoms with Crippen molar-refractivity contribution in [2.45, 2.75) is 20.0 Å². The Balaban J connectivity index is 1.49. The van der Waals surface area contributed by atoms with Crippen molar-refractivity contribution in [3.63, 3.8) is 0 Å². The van der Waals surface area contributed by atoms with E-state index in [-0.39, 0.29) is 31.4 Å². The summed E-state index contributed by atoms with van der Waals surface area (Å²) in [6, 6.07) is 11.1. The molecule has 1 N–H and O–H groups in total. The van der Waals surface area contributed by atoms with Crippen molar-refractivity contribution >= 4 is 34.2 Å². The Bertz CT molecular complexity index is 894. The summed E-state index contributed by atoms with van der Waals surface area (Å²) in [5.41, 5.74) is 2.95. The molecule has 0 aliphatic carbocycles. The van der Waals surface area contributed by atoms with E-state index < -0.39 is 0 Å². The second-order valence-electron chi connectivity index (χ2n) is 5.39. The van der Waals surface area contributed by atoms with Gasteiger partial charge in [-0.1, -0.05) is 18.2 Å². The van der Waals surface area contributed by atoms with Crippen LogP contribution < -0.4 is 5.32 Å². The normalized spacial score (nSPS) is 10.6. The van der Waals surface area contributed by atoms with Gasteiger partial charge in [0.25, 0.3) is 5.91 Å². The average molecular weight is 355 g/mol. The van der Waals surface area contributed by atoms with E-state index in [1.54, 1.807) is 12.1 Å². The quantitative estimate of drug-likeness (QED) is 0.688. The summed E-state index contributed by atoms with van der Waals surface area (Å²) in [4.78, 5) is 33.2. The lowest BCUT2D eigenvalue weighted by Crippen LogP contribution is -2.25. The van der Waals surface area contributed by atoms with Crippen molar-refractivity contribution in [1.82, 2.24) is 15.3 Å². The molecule has 3 aromatic rings. The highest BCUT2D eigenvalue weighted by Crippen LogP contribution is 2.13. The van der Waals surface area contributed by atoms with Crippen LogP contribution in [0.5, 0.6) is 0 Å². The molecule has 0 spiro atoms. The van der Waals surface area contributed by atoms with Crippen LogP contribution in [0.2, 0.25) is 0 Å². The van der Waals surface area contributed by atoms with Gasteiger partial charge in [-0.3, -0.25) is 9.59 Å². The number of carbonyl (C=O) groups excluding carboxylic acids is 2. The van der Waals surface area contributed by atoms with Crippen molar-refractivity contribution in [3.8, 4) is 0 Å². The topological polar surface area (TPSA) is 81.2 Å². The number of amides is 1. The number of esters is 1. The SMILES string of the molecule is Cc1nc2ccccc2nc1COC(=O)CCNC(=O)c1cccs1. The van der Waals surface area contributed by atoms with Gasteiger partial charge in [0.15, 0.2) is 0 Å². The summed E-state index contributed by atoms with van der Waals surface area (Å²) in [6.07, 6.45) is 0.108. The molecule has 2 aromatic heterocycles. The molecule has 3 rings (SSSR count). The second kappa shape index (κ2) is 7.85. The number of rotatable bonds is 6. The number of benzene rings is 1. The van der Waals surface area contributed by atoms with E-state index in [4.69, 9.17) is 4.74 Å². The molecule has 25 heavy (non-hydrogen) atoms. The third-order valence-corrected chi connectivity index (χ3v) is 4.44. The third kappa shape index (κ3) is 4.39. The summed E-state index contributed by atoms with van der Waals surface area (Å²) < 4.78 is 5.24. The summed E-state index contributed by atoms with van der Waals surface area (Å²) in [7, 11) is 0. The molecule has 128 valence electrons. The summed E-state index contributed by atoms with van der Waals surface area (Å²) >= 11 is 1.36. The number of hydrogen-bond donors (Lipinski definition) is 1. The number of carbonyl (C=O) groups is 2. The Morgan fingerprint density at radius 2 is 1.88 bits per heavy atom. The molecule has 0 unspecified atom stereocenters. The van der Waals surface area contributed by atoms with Gasteiger partial charge in [0.2, 0.25) is 0 Å². The van der Waals surface area contributed by atoms with E-state index in [2.05, 4.69) is 15.3 Å². The summed E-state index contributed by atoms with van der Waals surface area (Å²) in [5, 5.41) is 4.52. The average Bonchev–Trinajstić information content (AvgIpc) is 3.14. The number of aromatic nitrogens is 2. The van der Waals surface area contributed by atoms with E-state index in [9.17, 15) is 9.59 Å². The van der Waals surface area contributed by atoms with Gasteiger partial charge in [0.05, 0.1) is 33.7 Å². The van der Waals surface area contributed by atoms with Crippen molar-refractivity contribution in [3.05, 3.63) is 58.0 Å². The predicted octanol–water partition coefficient (Wildman–Crippen LogP) is 2.86. The van der Waals surface area contributed by atoms with Gasteiger partial charge in [-0.15, -0.1) is 11.3 Å². The van der Waals surface area contributed by atoms with E-state index in [1.807, 2.05) is 36.6 Å². The lowest BCUT2D eigenvalue weighted by Gasteiger charge is -2.08. The fourth-order valence-corrected chi connectivity index (χ4v) is 2.90. The molecule has 7 heteroatoms. The number of para-hydroxylation sites is 2. The van der Waals surface area contributed by atoms with Crippen LogP contribution in [0.15, 0.2) is 41.8 Å². The molecular weight excluding hydrogens is 338 g/mol. The number of aryl methyl sites for hydroxylation is 1. The van der Waals surface area contributed by atoms with Crippen LogP contribution in [-0.2, 0) is 16.1 Å². The minimum absolute atomic E-state index is 0.0708. The minimum Gasteiger partial charge on any atom is -0.459 e. The second-order valence-corrected chi connectivity index (χ2v) is 6.34. The van der Waals surface area contributed by atoms with Gasteiger partial charge in [-0.25, -0.2) is 9.97 Å². The Morgan fingerprint density at radius 3 is 2.60 bits per heavy atom. The van der Waals surface area contributed by atoms with Crippen molar-refractivity contribution < 1.29 is 14.3 Å². The number of hydrogen-bond acceptors (Lipinski definition) is 6. The number of nitrogens with one attached hydrogen (secondary N) is 1. The zero-order valence-electron chi connectivity index (χ0n) is 13.7. The Kier molecular flexibility index (Phi) is 5.35. The fourth-order valence-electron chi connectivity index (χ4n) is 2.26. The van der Waals surface area contributed by atoms with Crippen LogP contribution in [0.25, 0.3) is 11.0 Å². The molecular formula is C18H17N3O3S. The molecule has 0 saturated heterocycles. The molecule has 0 saturated carbocycles. The monoisotopic (exact) mass is 355 g/mol. The maximum absolute atomic E-state index is 11.8. The maximum Gasteiger partial charge on any atom is 0.307 e. The number of nitrogens with zero attached hydrogens (tertiary/aromatic N) is 2. The molecule has 1 amide bonds.